The second kappa shape index (κ2) is 10.3. The molecule has 0 aliphatic carbocycles. The smallest absolute Gasteiger partial charge is 0.251 e. The molecule has 0 saturated carbocycles. The molecule has 0 aromatic heterocycles. The topological polar surface area (TPSA) is 49.3 Å². The van der Waals surface area contributed by atoms with Gasteiger partial charge in [0.15, 0.2) is 0 Å². The quantitative estimate of drug-likeness (QED) is 0.367. The van der Waals surface area contributed by atoms with Crippen LogP contribution in [0.5, 0.6) is 0 Å². The van der Waals surface area contributed by atoms with Gasteiger partial charge in [-0.25, -0.2) is 0 Å². The molecule has 4 aromatic rings. The fourth-order valence-corrected chi connectivity index (χ4v) is 4.41. The van der Waals surface area contributed by atoms with Crippen LogP contribution in [-0.4, -0.2) is 23.7 Å². The van der Waals surface area contributed by atoms with Crippen molar-refractivity contribution in [2.24, 2.45) is 0 Å². The van der Waals surface area contributed by atoms with Crippen LogP contribution in [0.25, 0.3) is 10.8 Å². The first-order valence-corrected chi connectivity index (χ1v) is 11.4. The van der Waals surface area contributed by atoms with Gasteiger partial charge in [-0.05, 0) is 52.6 Å². The van der Waals surface area contributed by atoms with E-state index in [2.05, 4.69) is 47.8 Å². The van der Waals surface area contributed by atoms with Crippen LogP contribution >= 0.6 is 11.8 Å². The molecule has 4 aromatic carbocycles. The summed E-state index contributed by atoms with van der Waals surface area (Å²) in [7, 11) is 0. The lowest BCUT2D eigenvalue weighted by Crippen LogP contribution is -2.39. The third-order valence-corrected chi connectivity index (χ3v) is 6.29. The largest absolute Gasteiger partial charge is 0.394 e. The van der Waals surface area contributed by atoms with E-state index in [1.165, 1.54) is 15.7 Å². The summed E-state index contributed by atoms with van der Waals surface area (Å²) in [6, 6.07) is 32.1. The Kier molecular flexibility index (Phi) is 7.03. The molecule has 1 atom stereocenters. The van der Waals surface area contributed by atoms with Crippen molar-refractivity contribution in [2.45, 2.75) is 23.1 Å². The molecular formula is C27H25NO2S. The molecule has 0 radical (unpaired) electrons. The highest BCUT2D eigenvalue weighted by Crippen LogP contribution is 2.26. The third-order valence-electron chi connectivity index (χ3n) is 5.22. The number of thioether (sulfide) groups is 1. The Morgan fingerprint density at radius 1 is 0.806 bits per heavy atom. The van der Waals surface area contributed by atoms with Crippen molar-refractivity contribution < 1.29 is 9.90 Å². The number of hydrogen-bond donors (Lipinski definition) is 2. The van der Waals surface area contributed by atoms with Crippen LogP contribution in [0.4, 0.5) is 0 Å². The lowest BCUT2D eigenvalue weighted by Gasteiger charge is -2.16. The molecule has 4 rings (SSSR count). The summed E-state index contributed by atoms with van der Waals surface area (Å²) in [6.45, 7) is -0.0961. The molecule has 0 unspecified atom stereocenters. The molecule has 156 valence electrons. The minimum atomic E-state index is -0.307. The molecule has 31 heavy (non-hydrogen) atoms. The summed E-state index contributed by atoms with van der Waals surface area (Å²) >= 11 is 1.78. The Morgan fingerprint density at radius 2 is 1.52 bits per heavy atom. The average molecular weight is 428 g/mol. The molecule has 0 aliphatic heterocycles. The van der Waals surface area contributed by atoms with Crippen LogP contribution in [0.3, 0.4) is 0 Å². The van der Waals surface area contributed by atoms with Crippen molar-refractivity contribution in [3.63, 3.8) is 0 Å². The summed E-state index contributed by atoms with van der Waals surface area (Å²) in [5.74, 6) is 0.678. The zero-order valence-electron chi connectivity index (χ0n) is 17.2. The number of aliphatic hydroxyl groups is 1. The first-order valence-electron chi connectivity index (χ1n) is 10.4. The summed E-state index contributed by atoms with van der Waals surface area (Å²) < 4.78 is 0. The van der Waals surface area contributed by atoms with Gasteiger partial charge in [0.25, 0.3) is 5.91 Å². The number of fused-ring (bicyclic) bond motifs is 1. The van der Waals surface area contributed by atoms with Gasteiger partial charge in [-0.3, -0.25) is 4.79 Å². The predicted octanol–water partition coefficient (Wildman–Crippen LogP) is 5.47. The number of nitrogens with one attached hydrogen (secondary N) is 1. The SMILES string of the molecule is O=C(N[C@H](CO)Cc1ccccc1)c1ccc(CSc2ccc3ccccc3c2)cc1. The Bertz CT molecular complexity index is 1140. The average Bonchev–Trinajstić information content (AvgIpc) is 2.83. The Balaban J connectivity index is 1.33. The number of carbonyl (C=O) groups excluding carboxylic acids is 1. The molecule has 0 aliphatic rings. The Labute approximate surface area is 187 Å². The Morgan fingerprint density at radius 3 is 2.26 bits per heavy atom. The minimum Gasteiger partial charge on any atom is -0.394 e. The van der Waals surface area contributed by atoms with E-state index >= 15 is 0 Å². The van der Waals surface area contributed by atoms with Crippen LogP contribution in [0.2, 0.25) is 0 Å². The van der Waals surface area contributed by atoms with E-state index in [0.717, 1.165) is 16.9 Å². The second-order valence-electron chi connectivity index (χ2n) is 7.54. The maximum atomic E-state index is 12.6. The van der Waals surface area contributed by atoms with Gasteiger partial charge in [-0.15, -0.1) is 11.8 Å². The number of aliphatic hydroxyl groups excluding tert-OH is 1. The molecule has 0 bridgehead atoms. The zero-order valence-corrected chi connectivity index (χ0v) is 18.0. The van der Waals surface area contributed by atoms with E-state index in [-0.39, 0.29) is 18.6 Å². The molecule has 0 heterocycles. The number of hydrogen-bond acceptors (Lipinski definition) is 3. The van der Waals surface area contributed by atoms with Gasteiger partial charge in [0.1, 0.15) is 0 Å². The van der Waals surface area contributed by atoms with E-state index < -0.39 is 0 Å². The van der Waals surface area contributed by atoms with Crippen LogP contribution in [-0.2, 0) is 12.2 Å². The van der Waals surface area contributed by atoms with E-state index in [9.17, 15) is 9.90 Å². The molecule has 0 saturated heterocycles. The number of rotatable bonds is 8. The summed E-state index contributed by atoms with van der Waals surface area (Å²) in [5, 5.41) is 15.1. The number of amides is 1. The highest BCUT2D eigenvalue weighted by atomic mass is 32.2. The monoisotopic (exact) mass is 427 g/mol. The van der Waals surface area contributed by atoms with Crippen molar-refractivity contribution in [1.82, 2.24) is 5.32 Å². The van der Waals surface area contributed by atoms with Gasteiger partial charge in [0.05, 0.1) is 12.6 Å². The molecule has 3 nitrogen and oxygen atoms in total. The van der Waals surface area contributed by atoms with Crippen molar-refractivity contribution in [3.05, 3.63) is 114 Å². The van der Waals surface area contributed by atoms with Gasteiger partial charge in [0, 0.05) is 16.2 Å². The molecule has 1 amide bonds. The number of benzene rings is 4. The molecule has 2 N–H and O–H groups in total. The molecule has 0 fully saturated rings. The van der Waals surface area contributed by atoms with Gasteiger partial charge in [-0.2, -0.15) is 0 Å². The highest BCUT2D eigenvalue weighted by Gasteiger charge is 2.13. The van der Waals surface area contributed by atoms with E-state index in [1.54, 1.807) is 11.8 Å². The number of carbonyl (C=O) groups is 1. The molecular weight excluding hydrogens is 402 g/mol. The van der Waals surface area contributed by atoms with Crippen LogP contribution in [0.1, 0.15) is 21.5 Å². The van der Waals surface area contributed by atoms with Crippen molar-refractivity contribution >= 4 is 28.4 Å². The van der Waals surface area contributed by atoms with E-state index in [4.69, 9.17) is 0 Å². The summed E-state index contributed by atoms with van der Waals surface area (Å²) in [6.07, 6.45) is 0.601. The molecule has 4 heteroatoms. The normalized spacial score (nSPS) is 11.9. The maximum Gasteiger partial charge on any atom is 0.251 e. The summed E-state index contributed by atoms with van der Waals surface area (Å²) in [4.78, 5) is 13.8. The zero-order chi connectivity index (χ0) is 21.5. The first-order chi connectivity index (χ1) is 15.2. The second-order valence-corrected chi connectivity index (χ2v) is 8.59. The van der Waals surface area contributed by atoms with E-state index in [1.807, 2.05) is 54.6 Å². The molecule has 0 spiro atoms. The first kappa shape index (κ1) is 21.2. The Hall–Kier alpha value is -3.08. The van der Waals surface area contributed by atoms with Gasteiger partial charge >= 0.3 is 0 Å². The van der Waals surface area contributed by atoms with Gasteiger partial charge < -0.3 is 10.4 Å². The predicted molar refractivity (Wildman–Crippen MR) is 128 cm³/mol. The lowest BCUT2D eigenvalue weighted by molar-refractivity contribution is 0.0916. The van der Waals surface area contributed by atoms with Gasteiger partial charge in [0.2, 0.25) is 0 Å². The van der Waals surface area contributed by atoms with Crippen molar-refractivity contribution in [1.29, 1.82) is 0 Å². The van der Waals surface area contributed by atoms with Gasteiger partial charge in [-0.1, -0.05) is 72.8 Å². The van der Waals surface area contributed by atoms with Crippen molar-refractivity contribution in [3.8, 4) is 0 Å². The van der Waals surface area contributed by atoms with Crippen molar-refractivity contribution in [2.75, 3.05) is 6.61 Å². The third kappa shape index (κ3) is 5.75. The van der Waals surface area contributed by atoms with E-state index in [0.29, 0.717) is 12.0 Å². The van der Waals surface area contributed by atoms with Crippen LogP contribution < -0.4 is 5.32 Å². The fraction of sp³-hybridized carbons (Fsp3) is 0.148. The van der Waals surface area contributed by atoms with Crippen LogP contribution in [0.15, 0.2) is 102 Å². The highest BCUT2D eigenvalue weighted by molar-refractivity contribution is 7.98. The van der Waals surface area contributed by atoms with Crippen LogP contribution in [0, 0.1) is 0 Å². The standard InChI is InChI=1S/C27H25NO2S/c29-18-25(16-20-6-2-1-3-7-20)28-27(30)23-12-10-21(11-13-23)19-31-26-15-14-22-8-4-5-9-24(22)17-26/h1-15,17,25,29H,16,18-19H2,(H,28,30)/t25-/m0/s1. The minimum absolute atomic E-state index is 0.0961. The lowest BCUT2D eigenvalue weighted by atomic mass is 10.1. The maximum absolute atomic E-state index is 12.6. The fourth-order valence-electron chi connectivity index (χ4n) is 3.50. The summed E-state index contributed by atoms with van der Waals surface area (Å²) in [5.41, 5.74) is 2.85.